The summed E-state index contributed by atoms with van der Waals surface area (Å²) < 4.78 is 13.0. The van der Waals surface area contributed by atoms with E-state index in [2.05, 4.69) is 5.32 Å². The van der Waals surface area contributed by atoms with E-state index in [4.69, 9.17) is 11.6 Å². The van der Waals surface area contributed by atoms with Crippen LogP contribution in [0.2, 0.25) is 5.02 Å². The summed E-state index contributed by atoms with van der Waals surface area (Å²) in [7, 11) is 0. The van der Waals surface area contributed by atoms with Gasteiger partial charge in [-0.1, -0.05) is 11.6 Å². The van der Waals surface area contributed by atoms with E-state index in [0.29, 0.717) is 31.9 Å². The van der Waals surface area contributed by atoms with Crippen LogP contribution in [0.15, 0.2) is 18.2 Å². The zero-order valence-corrected chi connectivity index (χ0v) is 10.9. The molecule has 1 heterocycles. The van der Waals surface area contributed by atoms with Gasteiger partial charge in [0.1, 0.15) is 5.82 Å². The number of amides is 3. The van der Waals surface area contributed by atoms with Crippen LogP contribution in [0.25, 0.3) is 0 Å². The summed E-state index contributed by atoms with van der Waals surface area (Å²) in [6, 6.07) is 3.72. The van der Waals surface area contributed by atoms with Gasteiger partial charge in [0, 0.05) is 31.9 Å². The van der Waals surface area contributed by atoms with Crippen molar-refractivity contribution < 1.29 is 14.0 Å². The Kier molecular flexibility index (Phi) is 4.21. The lowest BCUT2D eigenvalue weighted by Crippen LogP contribution is -2.49. The van der Waals surface area contributed by atoms with E-state index in [0.717, 1.165) is 6.41 Å². The second-order valence-electron chi connectivity index (χ2n) is 4.19. The Labute approximate surface area is 114 Å². The Balaban J connectivity index is 1.94. The molecule has 1 N–H and O–H groups in total. The van der Waals surface area contributed by atoms with Gasteiger partial charge in [0.2, 0.25) is 6.41 Å². The highest BCUT2D eigenvalue weighted by atomic mass is 35.5. The van der Waals surface area contributed by atoms with Crippen molar-refractivity contribution in [1.29, 1.82) is 0 Å². The summed E-state index contributed by atoms with van der Waals surface area (Å²) in [5, 5.41) is 2.60. The first-order valence-electron chi connectivity index (χ1n) is 5.80. The summed E-state index contributed by atoms with van der Waals surface area (Å²) in [6.07, 6.45) is 0.773. The van der Waals surface area contributed by atoms with Crippen LogP contribution in [0.5, 0.6) is 0 Å². The fourth-order valence-electron chi connectivity index (χ4n) is 1.81. The van der Waals surface area contributed by atoms with Crippen molar-refractivity contribution in [2.75, 3.05) is 31.5 Å². The molecule has 1 aliphatic heterocycles. The van der Waals surface area contributed by atoms with Crippen LogP contribution < -0.4 is 5.32 Å². The lowest BCUT2D eigenvalue weighted by Gasteiger charge is -2.32. The van der Waals surface area contributed by atoms with E-state index in [9.17, 15) is 14.0 Å². The lowest BCUT2D eigenvalue weighted by molar-refractivity contribution is -0.119. The minimum atomic E-state index is -0.528. The number of carbonyl (C=O) groups is 2. The van der Waals surface area contributed by atoms with Crippen molar-refractivity contribution in [3.8, 4) is 0 Å². The van der Waals surface area contributed by atoms with Crippen molar-refractivity contribution in [2.45, 2.75) is 0 Å². The SMILES string of the molecule is O=CN1CCN(C(=O)Nc2ccc(F)c(Cl)c2)CC1. The highest BCUT2D eigenvalue weighted by Gasteiger charge is 2.20. The van der Waals surface area contributed by atoms with Gasteiger partial charge >= 0.3 is 6.03 Å². The first-order valence-corrected chi connectivity index (χ1v) is 6.18. The highest BCUT2D eigenvalue weighted by Crippen LogP contribution is 2.19. The zero-order chi connectivity index (χ0) is 13.8. The monoisotopic (exact) mass is 285 g/mol. The fourth-order valence-corrected chi connectivity index (χ4v) is 1.99. The Morgan fingerprint density at radius 2 is 2.00 bits per heavy atom. The number of hydrogen-bond donors (Lipinski definition) is 1. The molecule has 0 atom stereocenters. The molecular weight excluding hydrogens is 273 g/mol. The van der Waals surface area contributed by atoms with Gasteiger partial charge in [-0.3, -0.25) is 4.79 Å². The number of nitrogens with zero attached hydrogens (tertiary/aromatic N) is 2. The molecule has 0 aliphatic carbocycles. The summed E-state index contributed by atoms with van der Waals surface area (Å²) in [5.74, 6) is -0.528. The van der Waals surface area contributed by atoms with Crippen molar-refractivity contribution in [3.63, 3.8) is 0 Å². The Morgan fingerprint density at radius 1 is 1.32 bits per heavy atom. The third-order valence-corrected chi connectivity index (χ3v) is 3.21. The molecule has 3 amide bonds. The molecule has 0 saturated carbocycles. The molecule has 2 rings (SSSR count). The third kappa shape index (κ3) is 3.35. The van der Waals surface area contributed by atoms with Crippen LogP contribution in [0.4, 0.5) is 14.9 Å². The molecule has 1 fully saturated rings. The van der Waals surface area contributed by atoms with Crippen molar-refractivity contribution in [1.82, 2.24) is 9.80 Å². The van der Waals surface area contributed by atoms with Crippen molar-refractivity contribution in [2.24, 2.45) is 0 Å². The number of nitrogens with one attached hydrogen (secondary N) is 1. The standard InChI is InChI=1S/C12H13ClFN3O2/c13-10-7-9(1-2-11(10)14)15-12(19)17-5-3-16(8-18)4-6-17/h1-2,7-8H,3-6H2,(H,15,19). The van der Waals surface area contributed by atoms with E-state index in [-0.39, 0.29) is 11.1 Å². The molecule has 0 bridgehead atoms. The number of halogens is 2. The molecule has 7 heteroatoms. The smallest absolute Gasteiger partial charge is 0.321 e. The Bertz CT molecular complexity index is 490. The van der Waals surface area contributed by atoms with Crippen LogP contribution in [-0.4, -0.2) is 48.4 Å². The van der Waals surface area contributed by atoms with Crippen LogP contribution in [0.1, 0.15) is 0 Å². The van der Waals surface area contributed by atoms with Gasteiger partial charge < -0.3 is 15.1 Å². The molecule has 0 radical (unpaired) electrons. The predicted octanol–water partition coefficient (Wildman–Crippen LogP) is 1.78. The number of hydrogen-bond acceptors (Lipinski definition) is 2. The first kappa shape index (κ1) is 13.6. The van der Waals surface area contributed by atoms with Gasteiger partial charge in [-0.15, -0.1) is 0 Å². The number of urea groups is 1. The molecule has 0 spiro atoms. The van der Waals surface area contributed by atoms with E-state index >= 15 is 0 Å². The minimum Gasteiger partial charge on any atom is -0.342 e. The average Bonchev–Trinajstić information content (AvgIpc) is 2.43. The van der Waals surface area contributed by atoms with Crippen LogP contribution in [0.3, 0.4) is 0 Å². The van der Waals surface area contributed by atoms with E-state index in [1.807, 2.05) is 0 Å². The summed E-state index contributed by atoms with van der Waals surface area (Å²) in [5.41, 5.74) is 0.439. The minimum absolute atomic E-state index is 0.0384. The first-order chi connectivity index (χ1) is 9.10. The average molecular weight is 286 g/mol. The molecule has 1 aromatic carbocycles. The Hall–Kier alpha value is -1.82. The van der Waals surface area contributed by atoms with Gasteiger partial charge in [0.25, 0.3) is 0 Å². The maximum Gasteiger partial charge on any atom is 0.321 e. The molecule has 1 aliphatic rings. The van der Waals surface area contributed by atoms with Gasteiger partial charge in [-0.05, 0) is 18.2 Å². The molecule has 0 aromatic heterocycles. The van der Waals surface area contributed by atoms with E-state index < -0.39 is 5.82 Å². The predicted molar refractivity (Wildman–Crippen MR) is 69.6 cm³/mol. The second-order valence-corrected chi connectivity index (χ2v) is 4.59. The number of carbonyl (C=O) groups excluding carboxylic acids is 2. The van der Waals surface area contributed by atoms with Crippen molar-refractivity contribution >= 4 is 29.7 Å². The molecule has 5 nitrogen and oxygen atoms in total. The summed E-state index contributed by atoms with van der Waals surface area (Å²) in [6.45, 7) is 1.97. The maximum atomic E-state index is 13.0. The number of benzene rings is 1. The molecule has 1 saturated heterocycles. The number of anilines is 1. The quantitative estimate of drug-likeness (QED) is 0.842. The lowest BCUT2D eigenvalue weighted by atomic mass is 10.3. The van der Waals surface area contributed by atoms with Crippen LogP contribution in [0, 0.1) is 5.82 Å². The third-order valence-electron chi connectivity index (χ3n) is 2.92. The van der Waals surface area contributed by atoms with Gasteiger partial charge in [-0.25, -0.2) is 9.18 Å². The zero-order valence-electron chi connectivity index (χ0n) is 10.1. The summed E-state index contributed by atoms with van der Waals surface area (Å²) >= 11 is 5.64. The fraction of sp³-hybridized carbons (Fsp3) is 0.333. The van der Waals surface area contributed by atoms with Gasteiger partial charge in [0.15, 0.2) is 0 Å². The molecule has 19 heavy (non-hydrogen) atoms. The summed E-state index contributed by atoms with van der Waals surface area (Å²) in [4.78, 5) is 25.7. The van der Waals surface area contributed by atoms with Crippen LogP contribution in [-0.2, 0) is 4.79 Å². The van der Waals surface area contributed by atoms with Gasteiger partial charge in [-0.2, -0.15) is 0 Å². The number of piperazine rings is 1. The molecule has 102 valence electrons. The topological polar surface area (TPSA) is 52.7 Å². The number of rotatable bonds is 2. The van der Waals surface area contributed by atoms with E-state index in [1.54, 1.807) is 9.80 Å². The highest BCUT2D eigenvalue weighted by molar-refractivity contribution is 6.31. The largest absolute Gasteiger partial charge is 0.342 e. The van der Waals surface area contributed by atoms with E-state index in [1.165, 1.54) is 18.2 Å². The Morgan fingerprint density at radius 3 is 2.58 bits per heavy atom. The molecule has 0 unspecified atom stereocenters. The molecule has 1 aromatic rings. The normalized spacial score (nSPS) is 15.3. The second kappa shape index (κ2) is 5.88. The molecular formula is C12H13ClFN3O2. The van der Waals surface area contributed by atoms with Crippen molar-refractivity contribution in [3.05, 3.63) is 29.0 Å². The van der Waals surface area contributed by atoms with Crippen LogP contribution >= 0.6 is 11.6 Å². The van der Waals surface area contributed by atoms with Gasteiger partial charge in [0.05, 0.1) is 5.02 Å². The maximum absolute atomic E-state index is 13.0.